The molecule has 0 spiro atoms. The van der Waals surface area contributed by atoms with Crippen LogP contribution in [-0.4, -0.2) is 21.5 Å². The van der Waals surface area contributed by atoms with Crippen molar-refractivity contribution in [2.45, 2.75) is 53.1 Å². The number of aryl methyl sites for hydroxylation is 2. The first-order valence-corrected chi connectivity index (χ1v) is 7.47. The fourth-order valence-electron chi connectivity index (χ4n) is 2.16. The summed E-state index contributed by atoms with van der Waals surface area (Å²) in [5.41, 5.74) is 3.32. The van der Waals surface area contributed by atoms with Crippen molar-refractivity contribution in [3.05, 3.63) is 35.0 Å². The van der Waals surface area contributed by atoms with Crippen molar-refractivity contribution in [3.8, 4) is 0 Å². The van der Waals surface area contributed by atoms with E-state index in [1.807, 2.05) is 10.7 Å². The molecule has 0 fully saturated rings. The van der Waals surface area contributed by atoms with Crippen LogP contribution in [-0.2, 0) is 25.9 Å². The number of nitrogens with zero attached hydrogens (tertiary/aromatic N) is 3. The Hall–Kier alpha value is -1.62. The number of rotatable bonds is 8. The maximum atomic E-state index is 5.39. The topological polar surface area (TPSA) is 55.9 Å². The molecule has 0 aliphatic rings. The molecule has 20 heavy (non-hydrogen) atoms. The normalized spacial score (nSPS) is 11.2. The minimum Gasteiger partial charge on any atom is -0.359 e. The fraction of sp³-hybridized carbons (Fsp3) is 0.600. The van der Waals surface area contributed by atoms with Crippen molar-refractivity contribution < 1.29 is 4.52 Å². The van der Waals surface area contributed by atoms with Crippen LogP contribution in [0.1, 0.15) is 50.0 Å². The van der Waals surface area contributed by atoms with Gasteiger partial charge in [-0.05, 0) is 31.9 Å². The fourth-order valence-corrected chi connectivity index (χ4v) is 2.16. The highest BCUT2D eigenvalue weighted by molar-refractivity contribution is 5.13. The minimum absolute atomic E-state index is 0.657. The number of aromatic nitrogens is 3. The summed E-state index contributed by atoms with van der Waals surface area (Å²) in [6.07, 6.45) is 3.06. The molecule has 0 radical (unpaired) electrons. The van der Waals surface area contributed by atoms with Crippen molar-refractivity contribution in [2.75, 3.05) is 6.54 Å². The summed E-state index contributed by atoms with van der Waals surface area (Å²) in [7, 11) is 0. The summed E-state index contributed by atoms with van der Waals surface area (Å²) in [5, 5.41) is 12.0. The van der Waals surface area contributed by atoms with Gasteiger partial charge in [0.15, 0.2) is 5.76 Å². The average molecular weight is 276 g/mol. The lowest BCUT2D eigenvalue weighted by atomic mass is 10.2. The predicted molar refractivity (Wildman–Crippen MR) is 78.6 cm³/mol. The molecule has 2 rings (SSSR count). The first-order chi connectivity index (χ1) is 9.76. The Kier molecular flexibility index (Phi) is 5.35. The van der Waals surface area contributed by atoms with E-state index >= 15 is 0 Å². The van der Waals surface area contributed by atoms with E-state index in [4.69, 9.17) is 4.52 Å². The Labute approximate surface area is 120 Å². The van der Waals surface area contributed by atoms with Crippen LogP contribution < -0.4 is 5.32 Å². The summed E-state index contributed by atoms with van der Waals surface area (Å²) in [6, 6.07) is 4.18. The summed E-state index contributed by atoms with van der Waals surface area (Å²) >= 11 is 0. The molecule has 5 heteroatoms. The molecule has 2 aromatic heterocycles. The molecule has 2 aromatic rings. The summed E-state index contributed by atoms with van der Waals surface area (Å²) in [5.74, 6) is 0.860. The van der Waals surface area contributed by atoms with E-state index in [1.54, 1.807) is 0 Å². The second kappa shape index (κ2) is 7.24. The molecule has 2 heterocycles. The van der Waals surface area contributed by atoms with E-state index in [0.29, 0.717) is 6.54 Å². The van der Waals surface area contributed by atoms with E-state index in [2.05, 4.69) is 42.4 Å². The van der Waals surface area contributed by atoms with Crippen LogP contribution in [0.4, 0.5) is 0 Å². The highest BCUT2D eigenvalue weighted by Gasteiger charge is 2.09. The van der Waals surface area contributed by atoms with Gasteiger partial charge in [-0.2, -0.15) is 5.10 Å². The van der Waals surface area contributed by atoms with Gasteiger partial charge in [-0.25, -0.2) is 0 Å². The zero-order valence-corrected chi connectivity index (χ0v) is 12.6. The van der Waals surface area contributed by atoms with Crippen molar-refractivity contribution in [3.63, 3.8) is 0 Å². The minimum atomic E-state index is 0.657. The van der Waals surface area contributed by atoms with Gasteiger partial charge in [0.2, 0.25) is 0 Å². The van der Waals surface area contributed by atoms with E-state index in [-0.39, 0.29) is 0 Å². The van der Waals surface area contributed by atoms with Gasteiger partial charge in [-0.1, -0.05) is 25.9 Å². The van der Waals surface area contributed by atoms with Gasteiger partial charge in [0.05, 0.1) is 11.4 Å². The molecule has 0 atom stereocenters. The highest BCUT2D eigenvalue weighted by atomic mass is 16.5. The Morgan fingerprint density at radius 2 is 2.00 bits per heavy atom. The average Bonchev–Trinajstić information content (AvgIpc) is 3.06. The highest BCUT2D eigenvalue weighted by Crippen LogP contribution is 2.11. The first kappa shape index (κ1) is 14.8. The number of nitrogens with one attached hydrogen (secondary N) is 1. The van der Waals surface area contributed by atoms with Gasteiger partial charge in [0.25, 0.3) is 0 Å². The van der Waals surface area contributed by atoms with Crippen LogP contribution in [0.3, 0.4) is 0 Å². The van der Waals surface area contributed by atoms with Crippen LogP contribution in [0.5, 0.6) is 0 Å². The third-order valence-electron chi connectivity index (χ3n) is 3.28. The Morgan fingerprint density at radius 1 is 1.15 bits per heavy atom. The Balaban J connectivity index is 2.00. The molecule has 0 amide bonds. The molecule has 0 aromatic carbocycles. The summed E-state index contributed by atoms with van der Waals surface area (Å²) in [4.78, 5) is 0. The van der Waals surface area contributed by atoms with Crippen molar-refractivity contribution in [2.24, 2.45) is 0 Å². The van der Waals surface area contributed by atoms with Gasteiger partial charge < -0.3 is 9.84 Å². The van der Waals surface area contributed by atoms with Crippen molar-refractivity contribution in [1.82, 2.24) is 20.3 Å². The molecule has 0 saturated heterocycles. The smallest absolute Gasteiger partial charge is 0.158 e. The SMILES string of the molecule is CCCNCc1cc(Cn2nc(CC)cc2CC)on1. The zero-order valence-electron chi connectivity index (χ0n) is 12.6. The maximum absolute atomic E-state index is 5.39. The Bertz CT molecular complexity index is 530. The van der Waals surface area contributed by atoms with E-state index in [0.717, 1.165) is 49.5 Å². The van der Waals surface area contributed by atoms with Crippen LogP contribution >= 0.6 is 0 Å². The monoisotopic (exact) mass is 276 g/mol. The third kappa shape index (κ3) is 3.70. The first-order valence-electron chi connectivity index (χ1n) is 7.47. The molecule has 0 saturated carbocycles. The van der Waals surface area contributed by atoms with Crippen molar-refractivity contribution >= 4 is 0 Å². The predicted octanol–water partition coefficient (Wildman–Crippen LogP) is 2.54. The lowest BCUT2D eigenvalue weighted by Gasteiger charge is -2.02. The van der Waals surface area contributed by atoms with Gasteiger partial charge in [-0.3, -0.25) is 4.68 Å². The molecule has 110 valence electrons. The van der Waals surface area contributed by atoms with Crippen molar-refractivity contribution in [1.29, 1.82) is 0 Å². The van der Waals surface area contributed by atoms with Gasteiger partial charge in [0.1, 0.15) is 6.54 Å². The second-order valence-electron chi connectivity index (χ2n) is 4.95. The van der Waals surface area contributed by atoms with E-state index in [1.165, 1.54) is 5.69 Å². The molecule has 0 aliphatic heterocycles. The standard InChI is InChI=1S/C15H24N4O/c1-4-7-16-10-13-9-15(20-18-13)11-19-14(6-3)8-12(5-2)17-19/h8-9,16H,4-7,10-11H2,1-3H3. The molecule has 1 N–H and O–H groups in total. The lowest BCUT2D eigenvalue weighted by Crippen LogP contribution is -2.13. The second-order valence-corrected chi connectivity index (χ2v) is 4.95. The molecule has 0 aliphatic carbocycles. The van der Waals surface area contributed by atoms with E-state index in [9.17, 15) is 0 Å². The van der Waals surface area contributed by atoms with Crippen LogP contribution in [0.15, 0.2) is 16.7 Å². The Morgan fingerprint density at radius 3 is 2.70 bits per heavy atom. The summed E-state index contributed by atoms with van der Waals surface area (Å²) in [6.45, 7) is 8.84. The van der Waals surface area contributed by atoms with E-state index < -0.39 is 0 Å². The number of hydrogen-bond acceptors (Lipinski definition) is 4. The lowest BCUT2D eigenvalue weighted by molar-refractivity contribution is 0.362. The van der Waals surface area contributed by atoms with Gasteiger partial charge in [0, 0.05) is 18.3 Å². The molecular formula is C15H24N4O. The largest absolute Gasteiger partial charge is 0.359 e. The van der Waals surface area contributed by atoms with Gasteiger partial charge >= 0.3 is 0 Å². The molecule has 0 bridgehead atoms. The molecule has 5 nitrogen and oxygen atoms in total. The quantitative estimate of drug-likeness (QED) is 0.753. The summed E-state index contributed by atoms with van der Waals surface area (Å²) < 4.78 is 7.41. The number of hydrogen-bond donors (Lipinski definition) is 1. The molecule has 0 unspecified atom stereocenters. The molecular weight excluding hydrogens is 252 g/mol. The van der Waals surface area contributed by atoms with Crippen LogP contribution in [0.2, 0.25) is 0 Å². The van der Waals surface area contributed by atoms with Crippen LogP contribution in [0.25, 0.3) is 0 Å². The van der Waals surface area contributed by atoms with Crippen LogP contribution in [0, 0.1) is 0 Å². The maximum Gasteiger partial charge on any atom is 0.158 e. The zero-order chi connectivity index (χ0) is 14.4. The van der Waals surface area contributed by atoms with Gasteiger partial charge in [-0.15, -0.1) is 0 Å². The third-order valence-corrected chi connectivity index (χ3v) is 3.28.